The Labute approximate surface area is 74.0 Å². The van der Waals surface area contributed by atoms with Crippen LogP contribution >= 0.6 is 0 Å². The van der Waals surface area contributed by atoms with Crippen LogP contribution in [-0.4, -0.2) is 34.1 Å². The third-order valence-corrected chi connectivity index (χ3v) is 2.61. The van der Waals surface area contributed by atoms with E-state index in [0.29, 0.717) is 5.41 Å². The summed E-state index contributed by atoms with van der Waals surface area (Å²) < 4.78 is 0. The van der Waals surface area contributed by atoms with Crippen LogP contribution in [-0.2, 0) is 0 Å². The van der Waals surface area contributed by atoms with Gasteiger partial charge in [0.25, 0.3) is 0 Å². The minimum atomic E-state index is -1.58. The second-order valence-electron chi connectivity index (χ2n) is 3.83. The first kappa shape index (κ1) is 9.96. The Morgan fingerprint density at radius 2 is 1.58 bits per heavy atom. The summed E-state index contributed by atoms with van der Waals surface area (Å²) in [6.07, 6.45) is 2.55. The first-order valence-corrected chi connectivity index (χ1v) is 4.72. The van der Waals surface area contributed by atoms with E-state index in [1.54, 1.807) is 4.90 Å². The quantitative estimate of drug-likeness (QED) is 0.575. The predicted molar refractivity (Wildman–Crippen MR) is 47.4 cm³/mol. The molecule has 12 heavy (non-hydrogen) atoms. The van der Waals surface area contributed by atoms with E-state index in [-0.39, 0.29) is 0 Å². The molecule has 0 unspecified atom stereocenters. The van der Waals surface area contributed by atoms with Crippen LogP contribution in [0, 0.1) is 5.41 Å². The largest absolute Gasteiger partial charge is 0.353 e. The summed E-state index contributed by atoms with van der Waals surface area (Å²) in [6, 6.07) is 0. The summed E-state index contributed by atoms with van der Waals surface area (Å²) in [6.45, 7) is 7.16. The van der Waals surface area contributed by atoms with Gasteiger partial charge in [0.05, 0.1) is 0 Å². The maximum absolute atomic E-state index is 9.08. The summed E-state index contributed by atoms with van der Waals surface area (Å²) in [5.74, 6) is -1.58. The molecule has 2 N–H and O–H groups in total. The molecule has 1 aliphatic carbocycles. The Morgan fingerprint density at radius 1 is 1.17 bits per heavy atom. The molecule has 3 heteroatoms. The molecule has 1 saturated carbocycles. The molecule has 0 atom stereocenters. The summed E-state index contributed by atoms with van der Waals surface area (Å²) in [5, 5.41) is 18.2. The second kappa shape index (κ2) is 2.98. The normalized spacial score (nSPS) is 25.8. The third-order valence-electron chi connectivity index (χ3n) is 2.61. The first-order valence-electron chi connectivity index (χ1n) is 4.72. The highest BCUT2D eigenvalue weighted by Crippen LogP contribution is 2.53. The van der Waals surface area contributed by atoms with Crippen molar-refractivity contribution in [1.82, 2.24) is 4.90 Å². The molecule has 1 aliphatic heterocycles. The SMILES string of the molecule is CC.CC(O)(O)N1CC2(CC2)C1. The zero-order chi connectivity index (χ0) is 9.41. The van der Waals surface area contributed by atoms with Crippen molar-refractivity contribution in [3.05, 3.63) is 0 Å². The summed E-state index contributed by atoms with van der Waals surface area (Å²) in [4.78, 5) is 1.69. The van der Waals surface area contributed by atoms with Crippen LogP contribution in [0.3, 0.4) is 0 Å². The van der Waals surface area contributed by atoms with E-state index < -0.39 is 5.91 Å². The standard InChI is InChI=1S/C7H13NO2.C2H6/c1-6(9,10)8-4-7(5-8)2-3-7;1-2/h9-10H,2-5H2,1H3;1-2H3. The molecule has 72 valence electrons. The molecule has 3 nitrogen and oxygen atoms in total. The molecule has 0 aromatic heterocycles. The van der Waals surface area contributed by atoms with Crippen LogP contribution in [0.2, 0.25) is 0 Å². The van der Waals surface area contributed by atoms with E-state index in [9.17, 15) is 0 Å². The Bertz CT molecular complexity index is 150. The number of aliphatic hydroxyl groups is 2. The topological polar surface area (TPSA) is 43.7 Å². The Balaban J connectivity index is 0.000000336. The zero-order valence-electron chi connectivity index (χ0n) is 8.17. The number of rotatable bonds is 1. The first-order chi connectivity index (χ1) is 5.52. The van der Waals surface area contributed by atoms with Gasteiger partial charge in [-0.1, -0.05) is 13.8 Å². The van der Waals surface area contributed by atoms with E-state index in [0.717, 1.165) is 13.1 Å². The maximum Gasteiger partial charge on any atom is 0.221 e. The van der Waals surface area contributed by atoms with Gasteiger partial charge in [-0.25, -0.2) is 0 Å². The lowest BCUT2D eigenvalue weighted by molar-refractivity contribution is -0.281. The van der Waals surface area contributed by atoms with Crippen molar-refractivity contribution < 1.29 is 10.2 Å². The van der Waals surface area contributed by atoms with E-state index >= 15 is 0 Å². The number of likely N-dealkylation sites (tertiary alicyclic amines) is 1. The summed E-state index contributed by atoms with van der Waals surface area (Å²) >= 11 is 0. The van der Waals surface area contributed by atoms with Crippen molar-refractivity contribution in [2.24, 2.45) is 5.41 Å². The molecule has 2 fully saturated rings. The molecule has 1 spiro atoms. The molecule has 0 bridgehead atoms. The number of nitrogens with zero attached hydrogens (tertiary/aromatic N) is 1. The van der Waals surface area contributed by atoms with Crippen molar-refractivity contribution >= 4 is 0 Å². The number of hydrogen-bond acceptors (Lipinski definition) is 3. The van der Waals surface area contributed by atoms with Gasteiger partial charge in [0.2, 0.25) is 5.91 Å². The van der Waals surface area contributed by atoms with Crippen molar-refractivity contribution in [1.29, 1.82) is 0 Å². The molecule has 0 aromatic carbocycles. The van der Waals surface area contributed by atoms with Crippen molar-refractivity contribution in [2.75, 3.05) is 13.1 Å². The van der Waals surface area contributed by atoms with Gasteiger partial charge in [0.15, 0.2) is 0 Å². The highest BCUT2D eigenvalue weighted by molar-refractivity contribution is 5.06. The van der Waals surface area contributed by atoms with Crippen LogP contribution in [0.15, 0.2) is 0 Å². The lowest BCUT2D eigenvalue weighted by Gasteiger charge is -2.45. The zero-order valence-corrected chi connectivity index (χ0v) is 8.17. The van der Waals surface area contributed by atoms with Gasteiger partial charge in [0.1, 0.15) is 0 Å². The van der Waals surface area contributed by atoms with Crippen LogP contribution in [0.4, 0.5) is 0 Å². The van der Waals surface area contributed by atoms with Crippen LogP contribution in [0.5, 0.6) is 0 Å². The van der Waals surface area contributed by atoms with Gasteiger partial charge < -0.3 is 10.2 Å². The van der Waals surface area contributed by atoms with Crippen LogP contribution < -0.4 is 0 Å². The van der Waals surface area contributed by atoms with Gasteiger partial charge in [-0.2, -0.15) is 0 Å². The van der Waals surface area contributed by atoms with Gasteiger partial charge in [-0.3, -0.25) is 4.90 Å². The van der Waals surface area contributed by atoms with Crippen LogP contribution in [0.25, 0.3) is 0 Å². The third kappa shape index (κ3) is 1.79. The Hall–Kier alpha value is -0.120. The summed E-state index contributed by atoms with van der Waals surface area (Å²) in [5.41, 5.74) is 0.507. The summed E-state index contributed by atoms with van der Waals surface area (Å²) in [7, 11) is 0. The maximum atomic E-state index is 9.08. The fourth-order valence-electron chi connectivity index (χ4n) is 1.56. The Kier molecular flexibility index (Phi) is 2.47. The molecular weight excluding hydrogens is 154 g/mol. The average Bonchev–Trinajstić information content (AvgIpc) is 2.64. The minimum Gasteiger partial charge on any atom is -0.353 e. The van der Waals surface area contributed by atoms with Crippen molar-refractivity contribution in [2.45, 2.75) is 39.5 Å². The van der Waals surface area contributed by atoms with Gasteiger partial charge in [-0.15, -0.1) is 0 Å². The molecule has 2 rings (SSSR count). The lowest BCUT2D eigenvalue weighted by Crippen LogP contribution is -2.59. The van der Waals surface area contributed by atoms with Crippen molar-refractivity contribution in [3.63, 3.8) is 0 Å². The molecule has 0 radical (unpaired) electrons. The Morgan fingerprint density at radius 3 is 1.83 bits per heavy atom. The molecule has 0 amide bonds. The van der Waals surface area contributed by atoms with Crippen molar-refractivity contribution in [3.8, 4) is 0 Å². The molecule has 1 saturated heterocycles. The van der Waals surface area contributed by atoms with Gasteiger partial charge in [0, 0.05) is 20.0 Å². The average molecular weight is 173 g/mol. The fourth-order valence-corrected chi connectivity index (χ4v) is 1.56. The molecule has 2 aliphatic rings. The monoisotopic (exact) mass is 173 g/mol. The van der Waals surface area contributed by atoms with E-state index in [2.05, 4.69) is 0 Å². The highest BCUT2D eigenvalue weighted by atomic mass is 16.5. The van der Waals surface area contributed by atoms with Crippen LogP contribution in [0.1, 0.15) is 33.6 Å². The fraction of sp³-hybridized carbons (Fsp3) is 1.00. The smallest absolute Gasteiger partial charge is 0.221 e. The van der Waals surface area contributed by atoms with Gasteiger partial charge in [-0.05, 0) is 18.3 Å². The highest BCUT2D eigenvalue weighted by Gasteiger charge is 2.55. The second-order valence-corrected chi connectivity index (χ2v) is 3.83. The molecular formula is C9H19NO2. The van der Waals surface area contributed by atoms with E-state index in [4.69, 9.17) is 10.2 Å². The van der Waals surface area contributed by atoms with Gasteiger partial charge >= 0.3 is 0 Å². The molecule has 0 aromatic rings. The number of hydrogen-bond donors (Lipinski definition) is 2. The lowest BCUT2D eigenvalue weighted by atomic mass is 9.96. The predicted octanol–water partition coefficient (Wildman–Crippen LogP) is 0.767. The molecule has 1 heterocycles. The van der Waals surface area contributed by atoms with E-state index in [1.165, 1.54) is 19.8 Å². The van der Waals surface area contributed by atoms with E-state index in [1.807, 2.05) is 13.8 Å². The minimum absolute atomic E-state index is 0.507.